The summed E-state index contributed by atoms with van der Waals surface area (Å²) in [5.41, 5.74) is 1.29. The minimum Gasteiger partial charge on any atom is -0.392 e. The molecule has 138 valence electrons. The molecule has 9 heteroatoms. The Balaban J connectivity index is 1.94. The van der Waals surface area contributed by atoms with E-state index in [0.717, 1.165) is 0 Å². The number of hydrogen-bond acceptors (Lipinski definition) is 5. The normalized spacial score (nSPS) is 17.4. The van der Waals surface area contributed by atoms with Crippen molar-refractivity contribution >= 4 is 34.6 Å². The van der Waals surface area contributed by atoms with Crippen LogP contribution in [0.3, 0.4) is 0 Å². The van der Waals surface area contributed by atoms with Crippen LogP contribution in [0.15, 0.2) is 30.3 Å². The van der Waals surface area contributed by atoms with Gasteiger partial charge in [-0.25, -0.2) is 4.39 Å². The molecule has 0 amide bonds. The topological polar surface area (TPSA) is 75.8 Å². The fourth-order valence-corrected chi connectivity index (χ4v) is 3.42. The molecule has 1 atom stereocenters. The van der Waals surface area contributed by atoms with Gasteiger partial charge in [-0.1, -0.05) is 23.2 Å². The number of nitro groups is 1. The van der Waals surface area contributed by atoms with Crippen molar-refractivity contribution in [2.45, 2.75) is 12.7 Å². The van der Waals surface area contributed by atoms with Gasteiger partial charge in [0.15, 0.2) is 0 Å². The number of ether oxygens (including phenoxy) is 1. The maximum atomic E-state index is 13.8. The van der Waals surface area contributed by atoms with Gasteiger partial charge in [0.25, 0.3) is 5.69 Å². The van der Waals surface area contributed by atoms with Crippen LogP contribution in [0.1, 0.15) is 17.2 Å². The lowest BCUT2D eigenvalue weighted by Crippen LogP contribution is -2.38. The molecule has 1 aliphatic rings. The number of anilines is 1. The highest BCUT2D eigenvalue weighted by Gasteiger charge is 2.29. The van der Waals surface area contributed by atoms with E-state index in [1.807, 2.05) is 0 Å². The number of rotatable bonds is 4. The molecule has 0 bridgehead atoms. The summed E-state index contributed by atoms with van der Waals surface area (Å²) in [5, 5.41) is 20.9. The second-order valence-corrected chi connectivity index (χ2v) is 6.65. The molecule has 0 radical (unpaired) electrons. The first-order chi connectivity index (χ1) is 12.4. The van der Waals surface area contributed by atoms with Gasteiger partial charge in [0.05, 0.1) is 23.2 Å². The highest BCUT2D eigenvalue weighted by atomic mass is 35.5. The van der Waals surface area contributed by atoms with Gasteiger partial charge in [0.2, 0.25) is 0 Å². The maximum Gasteiger partial charge on any atom is 0.292 e. The molecule has 1 heterocycles. The summed E-state index contributed by atoms with van der Waals surface area (Å²) in [7, 11) is 0. The Labute approximate surface area is 158 Å². The van der Waals surface area contributed by atoms with Crippen LogP contribution in [0.5, 0.6) is 0 Å². The zero-order valence-corrected chi connectivity index (χ0v) is 15.0. The van der Waals surface area contributed by atoms with Gasteiger partial charge >= 0.3 is 0 Å². The van der Waals surface area contributed by atoms with Crippen molar-refractivity contribution in [3.05, 3.63) is 67.4 Å². The predicted molar refractivity (Wildman–Crippen MR) is 96.3 cm³/mol. The monoisotopic (exact) mass is 400 g/mol. The third-order valence-electron chi connectivity index (χ3n) is 4.21. The summed E-state index contributed by atoms with van der Waals surface area (Å²) in [5.74, 6) is -0.611. The Morgan fingerprint density at radius 2 is 2.08 bits per heavy atom. The minimum atomic E-state index is -0.611. The molecule has 2 aromatic carbocycles. The molecule has 26 heavy (non-hydrogen) atoms. The molecule has 1 fully saturated rings. The Morgan fingerprint density at radius 1 is 1.31 bits per heavy atom. The molecule has 1 saturated heterocycles. The van der Waals surface area contributed by atoms with E-state index in [4.69, 9.17) is 27.9 Å². The smallest absolute Gasteiger partial charge is 0.292 e. The van der Waals surface area contributed by atoms with Crippen molar-refractivity contribution in [1.29, 1.82) is 0 Å². The molecule has 0 saturated carbocycles. The zero-order valence-electron chi connectivity index (χ0n) is 13.5. The van der Waals surface area contributed by atoms with Crippen LogP contribution in [0.25, 0.3) is 0 Å². The first-order valence-electron chi connectivity index (χ1n) is 7.80. The SMILES string of the molecule is O=[N+]([O-])c1ccc(CO)cc1N1CCOC(c2cc(F)c(Cl)cc2Cl)C1. The molecule has 0 aliphatic carbocycles. The van der Waals surface area contributed by atoms with Crippen molar-refractivity contribution in [1.82, 2.24) is 0 Å². The molecular formula is C17H15Cl2FN2O4. The van der Waals surface area contributed by atoms with Gasteiger partial charge in [-0.3, -0.25) is 10.1 Å². The number of nitro benzene ring substituents is 1. The van der Waals surface area contributed by atoms with Crippen LogP contribution in [-0.4, -0.2) is 29.7 Å². The van der Waals surface area contributed by atoms with Crippen molar-refractivity contribution in [2.24, 2.45) is 0 Å². The number of nitrogens with zero attached hydrogens (tertiary/aromatic N) is 2. The number of halogens is 3. The summed E-state index contributed by atoms with van der Waals surface area (Å²) in [6.07, 6.45) is -0.569. The van der Waals surface area contributed by atoms with Crippen molar-refractivity contribution in [2.75, 3.05) is 24.6 Å². The second kappa shape index (κ2) is 7.75. The Bertz CT molecular complexity index is 850. The van der Waals surface area contributed by atoms with Crippen LogP contribution >= 0.6 is 23.2 Å². The van der Waals surface area contributed by atoms with E-state index in [9.17, 15) is 19.6 Å². The largest absolute Gasteiger partial charge is 0.392 e. The molecular weight excluding hydrogens is 386 g/mol. The standard InChI is InChI=1S/C17H15Cl2FN2O4/c18-12-7-13(19)14(20)6-11(12)17-8-21(3-4-26-17)16-5-10(9-23)1-2-15(16)22(24)25/h1-2,5-7,17,23H,3-4,8-9H2. The van der Waals surface area contributed by atoms with E-state index in [-0.39, 0.29) is 35.5 Å². The number of hydrogen-bond donors (Lipinski definition) is 1. The van der Waals surface area contributed by atoms with Crippen LogP contribution < -0.4 is 4.90 Å². The van der Waals surface area contributed by atoms with Gasteiger partial charge in [-0.05, 0) is 29.8 Å². The second-order valence-electron chi connectivity index (χ2n) is 5.83. The average Bonchev–Trinajstić information content (AvgIpc) is 2.64. The first kappa shape index (κ1) is 18.8. The summed E-state index contributed by atoms with van der Waals surface area (Å²) in [6, 6.07) is 6.97. The van der Waals surface area contributed by atoms with Crippen LogP contribution in [-0.2, 0) is 11.3 Å². The highest BCUT2D eigenvalue weighted by molar-refractivity contribution is 6.35. The Hall–Kier alpha value is -1.93. The number of aliphatic hydroxyl groups excluding tert-OH is 1. The van der Waals surface area contributed by atoms with E-state index in [1.54, 1.807) is 11.0 Å². The lowest BCUT2D eigenvalue weighted by atomic mass is 10.1. The lowest BCUT2D eigenvalue weighted by molar-refractivity contribution is -0.384. The van der Waals surface area contributed by atoms with Crippen LogP contribution in [0, 0.1) is 15.9 Å². The zero-order chi connectivity index (χ0) is 18.8. The van der Waals surface area contributed by atoms with E-state index < -0.39 is 16.8 Å². The molecule has 1 aliphatic heterocycles. The highest BCUT2D eigenvalue weighted by Crippen LogP contribution is 2.36. The average molecular weight is 401 g/mol. The predicted octanol–water partition coefficient (Wildman–Crippen LogP) is 4.11. The van der Waals surface area contributed by atoms with Crippen LogP contribution in [0.4, 0.5) is 15.8 Å². The molecule has 6 nitrogen and oxygen atoms in total. The molecule has 3 rings (SSSR count). The molecule has 1 unspecified atom stereocenters. The van der Waals surface area contributed by atoms with Gasteiger partial charge in [0.1, 0.15) is 17.6 Å². The molecule has 2 aromatic rings. The first-order valence-corrected chi connectivity index (χ1v) is 8.55. The van der Waals surface area contributed by atoms with Gasteiger partial charge in [-0.2, -0.15) is 0 Å². The van der Waals surface area contributed by atoms with E-state index >= 15 is 0 Å². The minimum absolute atomic E-state index is 0.0729. The van der Waals surface area contributed by atoms with Gasteiger partial charge < -0.3 is 14.7 Å². The van der Waals surface area contributed by atoms with Crippen molar-refractivity contribution in [3.63, 3.8) is 0 Å². The number of benzene rings is 2. The molecule has 0 aromatic heterocycles. The third kappa shape index (κ3) is 3.76. The van der Waals surface area contributed by atoms with Crippen molar-refractivity contribution < 1.29 is 19.2 Å². The maximum absolute atomic E-state index is 13.8. The van der Waals surface area contributed by atoms with Crippen molar-refractivity contribution in [3.8, 4) is 0 Å². The van der Waals surface area contributed by atoms with Gasteiger partial charge in [0, 0.05) is 29.7 Å². The van der Waals surface area contributed by atoms with E-state index in [1.165, 1.54) is 24.3 Å². The number of morpholine rings is 1. The summed E-state index contributed by atoms with van der Waals surface area (Å²) >= 11 is 11.9. The Kier molecular flexibility index (Phi) is 5.62. The van der Waals surface area contributed by atoms with Crippen LogP contribution in [0.2, 0.25) is 10.0 Å². The fraction of sp³-hybridized carbons (Fsp3) is 0.294. The summed E-state index contributed by atoms with van der Waals surface area (Å²) in [6.45, 7) is 0.717. The quantitative estimate of drug-likeness (QED) is 0.474. The molecule has 1 N–H and O–H groups in total. The summed E-state index contributed by atoms with van der Waals surface area (Å²) in [4.78, 5) is 12.6. The van der Waals surface area contributed by atoms with E-state index in [2.05, 4.69) is 0 Å². The summed E-state index contributed by atoms with van der Waals surface area (Å²) < 4.78 is 19.5. The van der Waals surface area contributed by atoms with Gasteiger partial charge in [-0.15, -0.1) is 0 Å². The lowest BCUT2D eigenvalue weighted by Gasteiger charge is -2.35. The van der Waals surface area contributed by atoms with E-state index in [0.29, 0.717) is 23.4 Å². The Morgan fingerprint density at radius 3 is 2.77 bits per heavy atom. The fourth-order valence-electron chi connectivity index (χ4n) is 2.92. The third-order valence-corrected chi connectivity index (χ3v) is 4.83. The molecule has 0 spiro atoms. The number of aliphatic hydroxyl groups is 1.